The molecule has 11 heteroatoms. The second-order valence-corrected chi connectivity index (χ2v) is 7.84. The molecule has 176 valence electrons. The molecule has 0 amide bonds. The monoisotopic (exact) mass is 561 g/mol. The van der Waals surface area contributed by atoms with Crippen LogP contribution in [0.4, 0.5) is 14.5 Å². The molecular weight excluding hydrogens is 531 g/mol. The molecule has 1 atom stereocenters. The van der Waals surface area contributed by atoms with E-state index in [0.29, 0.717) is 24.7 Å². The zero-order valence-electron chi connectivity index (χ0n) is 18.1. The van der Waals surface area contributed by atoms with Gasteiger partial charge in [-0.2, -0.15) is 8.78 Å². The van der Waals surface area contributed by atoms with Crippen molar-refractivity contribution in [2.75, 3.05) is 25.0 Å². The second kappa shape index (κ2) is 11.6. The Balaban J connectivity index is 0.00000289. The normalized spacial score (nSPS) is 18.7. The van der Waals surface area contributed by atoms with E-state index in [4.69, 9.17) is 0 Å². The average Bonchev–Trinajstić information content (AvgIpc) is 3.31. The van der Waals surface area contributed by atoms with Crippen LogP contribution in [0.25, 0.3) is 0 Å². The average molecular weight is 561 g/mol. The minimum atomic E-state index is -2.84. The molecule has 0 bridgehead atoms. The minimum Gasteiger partial charge on any atom is -0.433 e. The number of guanidine groups is 1. The fourth-order valence-corrected chi connectivity index (χ4v) is 4.24. The number of nitrogens with one attached hydrogen (secondary N) is 2. The summed E-state index contributed by atoms with van der Waals surface area (Å²) < 4.78 is 32.3. The molecule has 0 aliphatic carbocycles. The van der Waals surface area contributed by atoms with E-state index >= 15 is 0 Å². The fraction of sp³-hybridized carbons (Fsp3) is 0.571. The molecule has 1 saturated heterocycles. The molecule has 2 aromatic rings. The summed E-state index contributed by atoms with van der Waals surface area (Å²) in [6.45, 7) is 0.0885. The van der Waals surface area contributed by atoms with Gasteiger partial charge < -0.3 is 24.8 Å². The Kier molecular flexibility index (Phi) is 8.88. The predicted molar refractivity (Wildman–Crippen MR) is 130 cm³/mol. The van der Waals surface area contributed by atoms with E-state index in [-0.39, 0.29) is 35.8 Å². The van der Waals surface area contributed by atoms with Crippen molar-refractivity contribution >= 4 is 35.6 Å². The Morgan fingerprint density at radius 3 is 2.88 bits per heavy atom. The SMILES string of the molecule is CN=C(NCc1nnc2n1CCCCC2)NC1CCN(c2ccccc2OC(F)F)C1.I. The van der Waals surface area contributed by atoms with Crippen LogP contribution in [0.1, 0.15) is 37.3 Å². The van der Waals surface area contributed by atoms with Crippen LogP contribution in [0.2, 0.25) is 0 Å². The molecule has 1 unspecified atom stereocenters. The lowest BCUT2D eigenvalue weighted by Crippen LogP contribution is -2.44. The molecule has 0 saturated carbocycles. The standard InChI is InChI=1S/C21H29F2N7O.HI/c1-24-21(25-13-19-28-27-18-9-3-2-6-11-30(18)19)26-15-10-12-29(14-15)16-7-4-5-8-17(16)31-20(22)23;/h4-5,7-8,15,20H,2-3,6,9-14H2,1H3,(H2,24,25,26);1H. The molecule has 2 aliphatic rings. The number of aliphatic imine (C=N–C) groups is 1. The van der Waals surface area contributed by atoms with Crippen LogP contribution in [0.5, 0.6) is 5.75 Å². The highest BCUT2D eigenvalue weighted by Crippen LogP contribution is 2.31. The van der Waals surface area contributed by atoms with Crippen molar-refractivity contribution in [2.45, 2.75) is 57.8 Å². The Hall–Kier alpha value is -2.18. The quantitative estimate of drug-likeness (QED) is 0.321. The van der Waals surface area contributed by atoms with E-state index < -0.39 is 6.61 Å². The van der Waals surface area contributed by atoms with Gasteiger partial charge in [0.1, 0.15) is 11.6 Å². The fourth-order valence-electron chi connectivity index (χ4n) is 4.24. The molecule has 0 spiro atoms. The minimum absolute atomic E-state index is 0. The van der Waals surface area contributed by atoms with Crippen LogP contribution in [0, 0.1) is 0 Å². The van der Waals surface area contributed by atoms with Gasteiger partial charge >= 0.3 is 6.61 Å². The Labute approximate surface area is 203 Å². The molecule has 1 aromatic heterocycles. The second-order valence-electron chi connectivity index (χ2n) is 7.84. The third-order valence-corrected chi connectivity index (χ3v) is 5.77. The number of hydrogen-bond acceptors (Lipinski definition) is 5. The van der Waals surface area contributed by atoms with E-state index in [9.17, 15) is 8.78 Å². The molecule has 32 heavy (non-hydrogen) atoms. The van der Waals surface area contributed by atoms with Crippen LogP contribution in [0.3, 0.4) is 0 Å². The van der Waals surface area contributed by atoms with Crippen molar-refractivity contribution in [3.63, 3.8) is 0 Å². The van der Waals surface area contributed by atoms with Crippen molar-refractivity contribution in [3.8, 4) is 5.75 Å². The molecule has 0 radical (unpaired) electrons. The number of benzene rings is 1. The third kappa shape index (κ3) is 5.99. The first-order chi connectivity index (χ1) is 15.1. The maximum absolute atomic E-state index is 12.7. The molecule has 1 fully saturated rings. The number of aryl methyl sites for hydroxylation is 1. The smallest absolute Gasteiger partial charge is 0.387 e. The lowest BCUT2D eigenvalue weighted by molar-refractivity contribution is -0.0495. The van der Waals surface area contributed by atoms with Crippen LogP contribution in [0.15, 0.2) is 29.3 Å². The summed E-state index contributed by atoms with van der Waals surface area (Å²) in [6.07, 6.45) is 5.39. The van der Waals surface area contributed by atoms with Crippen molar-refractivity contribution < 1.29 is 13.5 Å². The van der Waals surface area contributed by atoms with Gasteiger partial charge in [-0.05, 0) is 31.4 Å². The zero-order valence-corrected chi connectivity index (χ0v) is 20.5. The number of alkyl halides is 2. The topological polar surface area (TPSA) is 79.6 Å². The maximum Gasteiger partial charge on any atom is 0.387 e. The number of aromatic nitrogens is 3. The summed E-state index contributed by atoms with van der Waals surface area (Å²) in [5.41, 5.74) is 0.682. The van der Waals surface area contributed by atoms with Crippen LogP contribution >= 0.6 is 24.0 Å². The van der Waals surface area contributed by atoms with Crippen molar-refractivity contribution in [1.82, 2.24) is 25.4 Å². The van der Waals surface area contributed by atoms with E-state index in [1.165, 1.54) is 12.8 Å². The van der Waals surface area contributed by atoms with Crippen molar-refractivity contribution in [3.05, 3.63) is 35.9 Å². The van der Waals surface area contributed by atoms with Gasteiger partial charge in [-0.25, -0.2) is 0 Å². The maximum atomic E-state index is 12.7. The molecule has 3 heterocycles. The Morgan fingerprint density at radius 2 is 2.06 bits per heavy atom. The molecule has 1 aromatic carbocycles. The Morgan fingerprint density at radius 1 is 1.22 bits per heavy atom. The molecule has 8 nitrogen and oxygen atoms in total. The number of para-hydroxylation sites is 2. The largest absolute Gasteiger partial charge is 0.433 e. The first-order valence-electron chi connectivity index (χ1n) is 10.8. The molecule has 2 aliphatic heterocycles. The molecule has 2 N–H and O–H groups in total. The number of rotatable bonds is 6. The predicted octanol–water partition coefficient (Wildman–Crippen LogP) is 3.17. The number of ether oxygens (including phenoxy) is 1. The summed E-state index contributed by atoms with van der Waals surface area (Å²) in [6, 6.07) is 7.05. The molecular formula is C21H30F2IN7O. The van der Waals surface area contributed by atoms with Gasteiger partial charge in [-0.3, -0.25) is 4.99 Å². The molecule has 4 rings (SSSR count). The summed E-state index contributed by atoms with van der Waals surface area (Å²) in [5.74, 6) is 2.88. The lowest BCUT2D eigenvalue weighted by atomic mass is 10.2. The first kappa shape index (κ1) is 24.5. The van der Waals surface area contributed by atoms with Gasteiger partial charge in [-0.15, -0.1) is 34.2 Å². The van der Waals surface area contributed by atoms with E-state index in [1.807, 2.05) is 12.1 Å². The van der Waals surface area contributed by atoms with E-state index in [1.54, 1.807) is 19.2 Å². The van der Waals surface area contributed by atoms with Crippen LogP contribution in [-0.4, -0.2) is 53.5 Å². The van der Waals surface area contributed by atoms with Gasteiger partial charge in [0.15, 0.2) is 11.8 Å². The third-order valence-electron chi connectivity index (χ3n) is 5.77. The highest BCUT2D eigenvalue weighted by Gasteiger charge is 2.26. The summed E-state index contributed by atoms with van der Waals surface area (Å²) in [7, 11) is 1.73. The van der Waals surface area contributed by atoms with Gasteiger partial charge in [0.25, 0.3) is 0 Å². The van der Waals surface area contributed by atoms with Crippen molar-refractivity contribution in [1.29, 1.82) is 0 Å². The highest BCUT2D eigenvalue weighted by atomic mass is 127. The summed E-state index contributed by atoms with van der Waals surface area (Å²) in [5, 5.41) is 15.4. The van der Waals surface area contributed by atoms with E-state index in [2.05, 4.69) is 40.0 Å². The first-order valence-corrected chi connectivity index (χ1v) is 10.8. The highest BCUT2D eigenvalue weighted by molar-refractivity contribution is 14.0. The number of fused-ring (bicyclic) bond motifs is 1. The van der Waals surface area contributed by atoms with Gasteiger partial charge in [0, 0.05) is 39.1 Å². The zero-order chi connectivity index (χ0) is 21.6. The van der Waals surface area contributed by atoms with Crippen molar-refractivity contribution in [2.24, 2.45) is 4.99 Å². The van der Waals surface area contributed by atoms with E-state index in [0.717, 1.165) is 44.0 Å². The van der Waals surface area contributed by atoms with Gasteiger partial charge in [0.2, 0.25) is 0 Å². The van der Waals surface area contributed by atoms with Gasteiger partial charge in [-0.1, -0.05) is 18.6 Å². The number of anilines is 1. The van der Waals surface area contributed by atoms with Crippen LogP contribution in [-0.2, 0) is 19.5 Å². The summed E-state index contributed by atoms with van der Waals surface area (Å²) >= 11 is 0. The number of hydrogen-bond donors (Lipinski definition) is 2. The number of nitrogens with zero attached hydrogens (tertiary/aromatic N) is 5. The summed E-state index contributed by atoms with van der Waals surface area (Å²) in [4.78, 5) is 6.39. The lowest BCUT2D eigenvalue weighted by Gasteiger charge is -2.22. The van der Waals surface area contributed by atoms with Gasteiger partial charge in [0.05, 0.1) is 12.2 Å². The van der Waals surface area contributed by atoms with Crippen LogP contribution < -0.4 is 20.3 Å². The Bertz CT molecular complexity index is 908. The number of halogens is 3.